The smallest absolute Gasteiger partial charge is 0.304 e. The van der Waals surface area contributed by atoms with Gasteiger partial charge in [0.25, 0.3) is 0 Å². The van der Waals surface area contributed by atoms with Crippen molar-refractivity contribution in [1.82, 2.24) is 4.57 Å². The molecule has 4 rings (SSSR count). The minimum atomic E-state index is -4.66. The molecule has 164 valence electrons. The molecule has 1 aliphatic carbocycles. The van der Waals surface area contributed by atoms with Crippen molar-refractivity contribution in [2.75, 3.05) is 6.18 Å². The van der Waals surface area contributed by atoms with E-state index in [2.05, 4.69) is 0 Å². The minimum Gasteiger partial charge on any atom is -0.481 e. The molecule has 31 heavy (non-hydrogen) atoms. The average molecular weight is 465 g/mol. The number of rotatable bonds is 6. The molecule has 0 unspecified atom stereocenters. The van der Waals surface area contributed by atoms with Crippen molar-refractivity contribution >= 4 is 38.3 Å². The Bertz CT molecular complexity index is 1380. The van der Waals surface area contributed by atoms with E-state index in [9.17, 15) is 23.4 Å². The lowest BCUT2D eigenvalue weighted by atomic mass is 10.0. The summed E-state index contributed by atoms with van der Waals surface area (Å²) in [5.74, 6) is -1.24. The van der Waals surface area contributed by atoms with Gasteiger partial charge in [0.1, 0.15) is 0 Å². The first-order valence-corrected chi connectivity index (χ1v) is 11.7. The van der Waals surface area contributed by atoms with Gasteiger partial charge in [-0.15, -0.1) is 0 Å². The standard InChI is InChI=1S/C23H24ClNO5S/c1-13(26)19-10-17(31(2,29)30)11-20-18-8-5-15(9-21(27)28)22(18)25(23(19)20)12-14-3-6-16(24)7-4-14/h3-4,6-7,10-11,13,15,26H,5,8-9,12H2,1-2H3,(H,27,28)/t13-,15+/m0/s1/i2D3. The Kier molecular flexibility index (Phi) is 4.69. The van der Waals surface area contributed by atoms with Gasteiger partial charge < -0.3 is 14.8 Å². The molecule has 1 heterocycles. The van der Waals surface area contributed by atoms with E-state index in [-0.39, 0.29) is 22.8 Å². The largest absolute Gasteiger partial charge is 0.481 e. The topological polar surface area (TPSA) is 96.6 Å². The summed E-state index contributed by atoms with van der Waals surface area (Å²) in [5.41, 5.74) is 3.31. The van der Waals surface area contributed by atoms with E-state index in [0.717, 1.165) is 16.8 Å². The van der Waals surface area contributed by atoms with Crippen LogP contribution in [0.1, 0.15) is 58.3 Å². The van der Waals surface area contributed by atoms with E-state index in [1.54, 1.807) is 12.1 Å². The summed E-state index contributed by atoms with van der Waals surface area (Å²) in [6, 6.07) is 9.74. The van der Waals surface area contributed by atoms with Gasteiger partial charge in [-0.1, -0.05) is 23.7 Å². The lowest BCUT2D eigenvalue weighted by molar-refractivity contribution is -0.137. The highest BCUT2D eigenvalue weighted by atomic mass is 35.5. The van der Waals surface area contributed by atoms with E-state index in [1.807, 2.05) is 16.7 Å². The van der Waals surface area contributed by atoms with E-state index >= 15 is 0 Å². The van der Waals surface area contributed by atoms with Crippen molar-refractivity contribution in [3.63, 3.8) is 0 Å². The fourth-order valence-corrected chi connectivity index (χ4v) is 5.27. The van der Waals surface area contributed by atoms with Gasteiger partial charge in [-0.3, -0.25) is 4.79 Å². The van der Waals surface area contributed by atoms with Crippen LogP contribution >= 0.6 is 11.6 Å². The number of nitrogens with zero attached hydrogens (tertiary/aromatic N) is 1. The number of hydrogen-bond donors (Lipinski definition) is 2. The molecule has 2 aromatic carbocycles. The zero-order valence-electron chi connectivity index (χ0n) is 19.8. The van der Waals surface area contributed by atoms with Gasteiger partial charge in [0.15, 0.2) is 9.84 Å². The predicted molar refractivity (Wildman–Crippen MR) is 120 cm³/mol. The second-order valence-corrected chi connectivity index (χ2v) is 9.91. The molecule has 0 saturated carbocycles. The lowest BCUT2D eigenvalue weighted by Gasteiger charge is -2.18. The number of hydrogen-bond acceptors (Lipinski definition) is 4. The number of aromatic nitrogens is 1. The first-order chi connectivity index (χ1) is 15.8. The summed E-state index contributed by atoms with van der Waals surface area (Å²) < 4.78 is 50.0. The molecule has 3 aromatic rings. The molecule has 0 spiro atoms. The maximum Gasteiger partial charge on any atom is 0.304 e. The number of halogens is 1. The van der Waals surface area contributed by atoms with Gasteiger partial charge in [0.05, 0.1) is 22.9 Å². The number of fused-ring (bicyclic) bond motifs is 3. The summed E-state index contributed by atoms with van der Waals surface area (Å²) in [4.78, 5) is 11.2. The number of aliphatic hydroxyl groups excluding tert-OH is 1. The van der Waals surface area contributed by atoms with Crippen LogP contribution in [0, 0.1) is 0 Å². The van der Waals surface area contributed by atoms with E-state index in [0.29, 0.717) is 35.3 Å². The van der Waals surface area contributed by atoms with Crippen LogP contribution in [0.2, 0.25) is 5.02 Å². The highest BCUT2D eigenvalue weighted by Gasteiger charge is 2.33. The van der Waals surface area contributed by atoms with Gasteiger partial charge in [0.2, 0.25) is 0 Å². The van der Waals surface area contributed by atoms with Crippen LogP contribution in [-0.2, 0) is 27.6 Å². The van der Waals surface area contributed by atoms with E-state index in [1.165, 1.54) is 19.1 Å². The van der Waals surface area contributed by atoms with Crippen LogP contribution in [0.5, 0.6) is 0 Å². The number of benzene rings is 2. The molecule has 0 radical (unpaired) electrons. The number of aliphatic carboxylic acids is 1. The quantitative estimate of drug-likeness (QED) is 0.566. The second kappa shape index (κ2) is 7.97. The monoisotopic (exact) mass is 464 g/mol. The molecule has 0 bridgehead atoms. The third-order valence-electron chi connectivity index (χ3n) is 5.87. The highest BCUT2D eigenvalue weighted by Crippen LogP contribution is 2.44. The highest BCUT2D eigenvalue weighted by molar-refractivity contribution is 7.90. The van der Waals surface area contributed by atoms with Crippen molar-refractivity contribution < 1.29 is 27.5 Å². The van der Waals surface area contributed by atoms with Crippen LogP contribution in [-0.4, -0.2) is 35.4 Å². The van der Waals surface area contributed by atoms with Crippen molar-refractivity contribution in [3.05, 3.63) is 63.8 Å². The molecule has 2 atom stereocenters. The Morgan fingerprint density at radius 1 is 1.32 bits per heavy atom. The summed E-state index contributed by atoms with van der Waals surface area (Å²) >= 11 is 6.02. The minimum absolute atomic E-state index is 0.0889. The number of carboxylic acid groups (broad SMARTS) is 1. The number of carbonyl (C=O) groups is 1. The van der Waals surface area contributed by atoms with Crippen molar-refractivity contribution in [3.8, 4) is 0 Å². The normalized spacial score (nSPS) is 18.9. The second-order valence-electron chi connectivity index (χ2n) is 8.00. The molecule has 0 amide bonds. The maximum atomic E-state index is 12.8. The Hall–Kier alpha value is -2.35. The first-order valence-electron chi connectivity index (χ1n) is 11.4. The number of carboxylic acids is 1. The van der Waals surface area contributed by atoms with E-state index < -0.39 is 28.1 Å². The van der Waals surface area contributed by atoms with E-state index in [4.69, 9.17) is 15.7 Å². The number of sulfone groups is 1. The predicted octanol–water partition coefficient (Wildman–Crippen LogP) is 4.30. The number of aryl methyl sites for hydroxylation is 1. The first kappa shape index (κ1) is 18.2. The Morgan fingerprint density at radius 2 is 2.03 bits per heavy atom. The Morgan fingerprint density at radius 3 is 2.65 bits per heavy atom. The summed E-state index contributed by atoms with van der Waals surface area (Å²) in [5, 5.41) is 21.1. The van der Waals surface area contributed by atoms with Crippen LogP contribution in [0.4, 0.5) is 0 Å². The van der Waals surface area contributed by atoms with Crippen molar-refractivity contribution in [1.29, 1.82) is 0 Å². The number of aliphatic hydroxyl groups is 1. The van der Waals surface area contributed by atoms with Crippen LogP contribution < -0.4 is 0 Å². The van der Waals surface area contributed by atoms with Crippen LogP contribution in [0.15, 0.2) is 41.3 Å². The molecular weight excluding hydrogens is 438 g/mol. The molecule has 1 aliphatic rings. The third-order valence-corrected chi connectivity index (χ3v) is 6.98. The zero-order chi connectivity index (χ0) is 25.0. The SMILES string of the molecule is [2H]C([2H])([2H])S(=O)(=O)c1cc([C@H](C)O)c2c(c1)c1c(n2Cc2ccc(Cl)cc2)[C@@H](CC(=O)O)CC1. The molecule has 0 fully saturated rings. The molecule has 1 aromatic heterocycles. The van der Waals surface area contributed by atoms with Crippen LogP contribution in [0.3, 0.4) is 0 Å². The van der Waals surface area contributed by atoms with Crippen LogP contribution in [0.25, 0.3) is 10.9 Å². The molecule has 0 aliphatic heterocycles. The maximum absolute atomic E-state index is 12.8. The molecule has 8 heteroatoms. The summed E-state index contributed by atoms with van der Waals surface area (Å²) in [7, 11) is -4.66. The Labute approximate surface area is 190 Å². The zero-order valence-corrected chi connectivity index (χ0v) is 18.4. The van der Waals surface area contributed by atoms with Gasteiger partial charge in [-0.2, -0.15) is 0 Å². The van der Waals surface area contributed by atoms with Crippen molar-refractivity contribution in [2.24, 2.45) is 0 Å². The lowest BCUT2D eigenvalue weighted by Crippen LogP contribution is -2.12. The molecule has 6 nitrogen and oxygen atoms in total. The van der Waals surface area contributed by atoms with Gasteiger partial charge in [-0.05, 0) is 55.2 Å². The molecule has 0 saturated heterocycles. The van der Waals surface area contributed by atoms with Crippen molar-refractivity contribution in [2.45, 2.75) is 49.6 Å². The van der Waals surface area contributed by atoms with Gasteiger partial charge in [-0.25, -0.2) is 8.42 Å². The van der Waals surface area contributed by atoms with Gasteiger partial charge in [0, 0.05) is 44.4 Å². The fourth-order valence-electron chi connectivity index (χ4n) is 4.59. The molecule has 2 N–H and O–H groups in total. The summed E-state index contributed by atoms with van der Waals surface area (Å²) in [6.45, 7) is 1.84. The van der Waals surface area contributed by atoms with Gasteiger partial charge >= 0.3 is 5.97 Å². The Balaban J connectivity index is 2.04. The average Bonchev–Trinajstić information content (AvgIpc) is 3.27. The molecular formula is C23H24ClNO5S. The summed E-state index contributed by atoms with van der Waals surface area (Å²) in [6.07, 6.45) is -3.33. The fraction of sp³-hybridized carbons (Fsp3) is 0.348. The third kappa shape index (κ3) is 4.10.